The highest BCUT2D eigenvalue weighted by Crippen LogP contribution is 2.41. The molecule has 0 atom stereocenters. The van der Waals surface area contributed by atoms with Crippen molar-refractivity contribution < 1.29 is 55.4 Å². The standard InChI is InChI=1S/C30H39N5O5S.C24H28N4O6S.C6H6N2O/c1-19-11-12-21(13-26(19)35-18-22(17-32-35)28(36)31-16-20-9-7-8-10-20)29(37)33-24-14-23(30(2,3)4)15-25(27(24)40-5)34-41(6,38)39;1-14-7-8-15(9-20(14)28-13-16(12-25-28)23(30)31)22(29)26-18-10-17(24(2,3)4)11-19(21(18)34-5)27-35(6,32)33;7-6(9)5-1-3-8-4-2-5/h11-15,17-18,20,34H,7-10,16H2,1-6H3,(H,31,36)(H,33,37);7-13,27H,1-6H3,(H,26,29)(H,30,31);1-4H,(H2,7,9). The number of sulfonamides is 2. The molecule has 0 bridgehead atoms. The van der Waals surface area contributed by atoms with E-state index in [0.29, 0.717) is 57.5 Å². The zero-order chi connectivity index (χ0) is 62.8. The molecule has 4 amide bonds. The van der Waals surface area contributed by atoms with E-state index in [2.05, 4.69) is 40.6 Å². The van der Waals surface area contributed by atoms with E-state index >= 15 is 0 Å². The third kappa shape index (κ3) is 18.0. The van der Waals surface area contributed by atoms with Gasteiger partial charge in [-0.15, -0.1) is 0 Å². The topological polar surface area (TPSA) is 327 Å². The lowest BCUT2D eigenvalue weighted by molar-refractivity contribution is 0.0695. The molecule has 1 fully saturated rings. The summed E-state index contributed by atoms with van der Waals surface area (Å²) in [6.07, 6.45) is 15.7. The number of nitrogens with two attached hydrogens (primary N) is 1. The van der Waals surface area contributed by atoms with E-state index in [1.165, 1.54) is 62.7 Å². The molecule has 0 spiro atoms. The van der Waals surface area contributed by atoms with E-state index in [-0.39, 0.29) is 45.2 Å². The Labute approximate surface area is 495 Å². The quantitative estimate of drug-likeness (QED) is 0.0447. The number of ether oxygens (including phenoxy) is 2. The van der Waals surface area contributed by atoms with Gasteiger partial charge in [0, 0.05) is 48.0 Å². The molecule has 4 aromatic carbocycles. The molecule has 0 aliphatic heterocycles. The molecule has 452 valence electrons. The van der Waals surface area contributed by atoms with Gasteiger partial charge in [0.15, 0.2) is 11.5 Å². The molecule has 8 N–H and O–H groups in total. The number of carbonyl (C=O) groups excluding carboxylic acids is 4. The fourth-order valence-electron chi connectivity index (χ4n) is 8.89. The fraction of sp³-hybridized carbons (Fsp3) is 0.333. The Bertz CT molecular complexity index is 3840. The van der Waals surface area contributed by atoms with Crippen LogP contribution in [0.1, 0.15) is 141 Å². The van der Waals surface area contributed by atoms with Crippen LogP contribution in [0.2, 0.25) is 0 Å². The van der Waals surface area contributed by atoms with Crippen molar-refractivity contribution in [2.45, 2.75) is 91.9 Å². The summed E-state index contributed by atoms with van der Waals surface area (Å²) in [6, 6.07) is 20.2. The number of nitrogens with zero attached hydrogens (tertiary/aromatic N) is 5. The third-order valence-electron chi connectivity index (χ3n) is 13.5. The van der Waals surface area contributed by atoms with Crippen LogP contribution in [-0.4, -0.2) is 109 Å². The predicted molar refractivity (Wildman–Crippen MR) is 327 cm³/mol. The second kappa shape index (κ2) is 27.1. The number of anilines is 4. The molecule has 8 rings (SSSR count). The molecule has 7 aromatic rings. The van der Waals surface area contributed by atoms with Crippen LogP contribution in [0.25, 0.3) is 11.4 Å². The summed E-state index contributed by atoms with van der Waals surface area (Å²) in [4.78, 5) is 64.7. The van der Waals surface area contributed by atoms with E-state index in [0.717, 1.165) is 47.6 Å². The Morgan fingerprint density at radius 1 is 0.600 bits per heavy atom. The molecule has 3 heterocycles. The van der Waals surface area contributed by atoms with Crippen LogP contribution in [0.15, 0.2) is 110 Å². The van der Waals surface area contributed by atoms with Gasteiger partial charge >= 0.3 is 5.97 Å². The second-order valence-corrected chi connectivity index (χ2v) is 26.0. The van der Waals surface area contributed by atoms with Crippen molar-refractivity contribution >= 4 is 72.4 Å². The van der Waals surface area contributed by atoms with Gasteiger partial charge in [-0.2, -0.15) is 10.2 Å². The van der Waals surface area contributed by atoms with Gasteiger partial charge in [-0.1, -0.05) is 66.5 Å². The van der Waals surface area contributed by atoms with Crippen LogP contribution >= 0.6 is 0 Å². The summed E-state index contributed by atoms with van der Waals surface area (Å²) in [6.45, 7) is 16.2. The van der Waals surface area contributed by atoms with Crippen LogP contribution in [-0.2, 0) is 30.9 Å². The monoisotopic (exact) mass is 1200 g/mol. The number of carboxylic acid groups (broad SMARTS) is 1. The van der Waals surface area contributed by atoms with Gasteiger partial charge in [0.2, 0.25) is 26.0 Å². The molecular weight excluding hydrogens is 1130 g/mol. The maximum atomic E-state index is 13.5. The van der Waals surface area contributed by atoms with Gasteiger partial charge < -0.3 is 36.3 Å². The Morgan fingerprint density at radius 2 is 1.01 bits per heavy atom. The first kappa shape index (κ1) is 65.1. The lowest BCUT2D eigenvalue weighted by Crippen LogP contribution is -2.28. The molecule has 25 heteroatoms. The number of amides is 4. The zero-order valence-corrected chi connectivity index (χ0v) is 51.2. The summed E-state index contributed by atoms with van der Waals surface area (Å²) in [7, 11) is -4.41. The van der Waals surface area contributed by atoms with Crippen molar-refractivity contribution in [3.63, 3.8) is 0 Å². The molecular formula is C60H73N11O12S2. The summed E-state index contributed by atoms with van der Waals surface area (Å²) < 4.78 is 66.9. The Morgan fingerprint density at radius 3 is 1.38 bits per heavy atom. The van der Waals surface area contributed by atoms with Gasteiger partial charge in [0.05, 0.1) is 84.4 Å². The number of hydrogen-bond donors (Lipinski definition) is 7. The average Bonchev–Trinajstić information content (AvgIpc) is 3.80. The molecule has 3 aromatic heterocycles. The number of rotatable bonds is 17. The summed E-state index contributed by atoms with van der Waals surface area (Å²) >= 11 is 0. The van der Waals surface area contributed by atoms with Gasteiger partial charge in [-0.05, 0) is 126 Å². The third-order valence-corrected chi connectivity index (χ3v) is 14.7. The molecule has 0 radical (unpaired) electrons. The minimum atomic E-state index is -3.61. The Hall–Kier alpha value is -9.10. The van der Waals surface area contributed by atoms with Gasteiger partial charge in [-0.3, -0.25) is 33.6 Å². The summed E-state index contributed by atoms with van der Waals surface area (Å²) in [5, 5.41) is 26.4. The molecule has 0 unspecified atom stereocenters. The first-order valence-electron chi connectivity index (χ1n) is 26.8. The number of carbonyl (C=O) groups is 5. The van der Waals surface area contributed by atoms with E-state index in [1.54, 1.807) is 77.6 Å². The van der Waals surface area contributed by atoms with Crippen molar-refractivity contribution in [2.24, 2.45) is 11.7 Å². The number of carboxylic acids is 1. The van der Waals surface area contributed by atoms with E-state index in [1.807, 2.05) is 61.5 Å². The van der Waals surface area contributed by atoms with E-state index < -0.39 is 43.7 Å². The number of aromatic carboxylic acids is 1. The number of hydrogen-bond acceptors (Lipinski definition) is 14. The first-order chi connectivity index (χ1) is 39.7. The number of benzene rings is 4. The van der Waals surface area contributed by atoms with E-state index in [4.69, 9.17) is 15.2 Å². The second-order valence-electron chi connectivity index (χ2n) is 22.5. The highest BCUT2D eigenvalue weighted by Gasteiger charge is 2.26. The molecule has 0 saturated heterocycles. The number of primary amides is 1. The minimum absolute atomic E-state index is 0.0221. The minimum Gasteiger partial charge on any atom is -0.492 e. The van der Waals surface area contributed by atoms with Crippen molar-refractivity contribution in [1.82, 2.24) is 29.9 Å². The predicted octanol–water partition coefficient (Wildman–Crippen LogP) is 9.02. The van der Waals surface area contributed by atoms with Crippen molar-refractivity contribution in [2.75, 3.05) is 53.4 Å². The Balaban J connectivity index is 0.000000239. The number of aromatic nitrogens is 5. The van der Waals surface area contributed by atoms with Crippen molar-refractivity contribution in [3.05, 3.63) is 160 Å². The lowest BCUT2D eigenvalue weighted by Gasteiger charge is -2.24. The van der Waals surface area contributed by atoms with Gasteiger partial charge in [0.25, 0.3) is 17.7 Å². The SMILES string of the molecule is COc1c(NC(=O)c2ccc(C)c(-n3cc(C(=O)NCC4CCCC4)cn3)c2)cc(C(C)(C)C)cc1NS(C)(=O)=O.COc1c(NC(=O)c2ccc(C)c(-n3cc(C(=O)O)cn3)c2)cc(C(C)(C)C)cc1NS(C)(=O)=O.NC(=O)c1ccncc1. The Kier molecular flexibility index (Phi) is 20.7. The number of aryl methyl sites for hydroxylation is 2. The van der Waals surface area contributed by atoms with Crippen LogP contribution in [0.3, 0.4) is 0 Å². The maximum absolute atomic E-state index is 13.5. The highest BCUT2D eigenvalue weighted by atomic mass is 32.2. The van der Waals surface area contributed by atoms with Crippen LogP contribution in [0, 0.1) is 19.8 Å². The lowest BCUT2D eigenvalue weighted by atomic mass is 9.86. The number of methoxy groups -OCH3 is 2. The number of pyridine rings is 1. The maximum Gasteiger partial charge on any atom is 0.338 e. The van der Waals surface area contributed by atoms with Crippen LogP contribution in [0.5, 0.6) is 11.5 Å². The van der Waals surface area contributed by atoms with Crippen molar-refractivity contribution in [1.29, 1.82) is 0 Å². The molecule has 1 aliphatic carbocycles. The van der Waals surface area contributed by atoms with E-state index in [9.17, 15) is 45.9 Å². The first-order valence-corrected chi connectivity index (χ1v) is 30.6. The molecule has 23 nitrogen and oxygen atoms in total. The van der Waals surface area contributed by atoms with Gasteiger partial charge in [-0.25, -0.2) is 31.0 Å². The molecule has 1 saturated carbocycles. The van der Waals surface area contributed by atoms with Gasteiger partial charge in [0.1, 0.15) is 0 Å². The largest absolute Gasteiger partial charge is 0.492 e. The number of nitrogens with one attached hydrogen (secondary N) is 5. The fourth-order valence-corrected chi connectivity index (χ4v) is 9.99. The van der Waals surface area contributed by atoms with Crippen LogP contribution in [0.4, 0.5) is 22.7 Å². The summed E-state index contributed by atoms with van der Waals surface area (Å²) in [5.74, 6) is -1.67. The average molecular weight is 1200 g/mol. The van der Waals surface area contributed by atoms with Crippen LogP contribution < -0.4 is 40.6 Å². The highest BCUT2D eigenvalue weighted by molar-refractivity contribution is 7.92. The van der Waals surface area contributed by atoms with Crippen molar-refractivity contribution in [3.8, 4) is 22.9 Å². The molecule has 1 aliphatic rings. The smallest absolute Gasteiger partial charge is 0.338 e. The zero-order valence-electron chi connectivity index (χ0n) is 49.6. The normalized spacial score (nSPS) is 12.6. The summed E-state index contributed by atoms with van der Waals surface area (Å²) in [5.41, 5.74) is 11.4. The molecule has 85 heavy (non-hydrogen) atoms.